The Balaban J connectivity index is 3.45. The number of hydrogen-bond donors (Lipinski definition) is 2. The Morgan fingerprint density at radius 2 is 1.52 bits per heavy atom. The lowest BCUT2D eigenvalue weighted by Gasteiger charge is -2.39. The van der Waals surface area contributed by atoms with Crippen molar-refractivity contribution in [2.45, 2.75) is 31.9 Å². The molecule has 3 nitrogen and oxygen atoms in total. The molecule has 0 heterocycles. The number of para-hydroxylation sites is 1. The summed E-state index contributed by atoms with van der Waals surface area (Å²) in [4.78, 5) is 11.5. The topological polar surface area (TPSA) is 41.1 Å². The van der Waals surface area contributed by atoms with Crippen LogP contribution in [0.4, 0.5) is 32.0 Å². The third kappa shape index (κ3) is 4.01. The third-order valence-electron chi connectivity index (χ3n) is 2.88. The van der Waals surface area contributed by atoms with Crippen molar-refractivity contribution in [1.82, 2.24) is 5.32 Å². The molecule has 2 N–H and O–H groups in total. The van der Waals surface area contributed by atoms with Gasteiger partial charge in [0.05, 0.1) is 10.7 Å². The fourth-order valence-corrected chi connectivity index (χ4v) is 1.75. The number of rotatable bonds is 4. The largest absolute Gasteiger partial charge is 0.439 e. The van der Waals surface area contributed by atoms with Gasteiger partial charge in [0.1, 0.15) is 0 Å². The molecule has 130 valence electrons. The van der Waals surface area contributed by atoms with Gasteiger partial charge in [-0.15, -0.1) is 0 Å². The zero-order chi connectivity index (χ0) is 18.1. The molecule has 0 unspecified atom stereocenters. The minimum absolute atomic E-state index is 0.357. The average molecular weight is 363 g/mol. The molecule has 0 aliphatic carbocycles. The van der Waals surface area contributed by atoms with Gasteiger partial charge in [-0.1, -0.05) is 37.6 Å². The predicted octanol–water partition coefficient (Wildman–Crippen LogP) is 4.35. The summed E-state index contributed by atoms with van der Waals surface area (Å²) in [7, 11) is 0. The zero-order valence-corrected chi connectivity index (χ0v) is 12.7. The van der Waals surface area contributed by atoms with E-state index in [4.69, 9.17) is 11.6 Å². The van der Waals surface area contributed by atoms with Crippen molar-refractivity contribution >= 4 is 23.2 Å². The number of amides is 1. The van der Waals surface area contributed by atoms with Crippen molar-refractivity contribution < 1.29 is 31.1 Å². The van der Waals surface area contributed by atoms with Gasteiger partial charge in [-0.3, -0.25) is 4.79 Å². The minimum atomic E-state index is -5.87. The van der Waals surface area contributed by atoms with Gasteiger partial charge in [-0.05, 0) is 12.1 Å². The normalized spacial score (nSPS) is 13.1. The van der Waals surface area contributed by atoms with E-state index in [1.54, 1.807) is 0 Å². The highest BCUT2D eigenvalue weighted by molar-refractivity contribution is 6.33. The van der Waals surface area contributed by atoms with E-state index in [2.05, 4.69) is 0 Å². The molecule has 0 radical (unpaired) electrons. The first-order valence-corrected chi connectivity index (χ1v) is 6.68. The summed E-state index contributed by atoms with van der Waals surface area (Å²) in [5.41, 5.74) is -5.28. The lowest BCUT2D eigenvalue weighted by Crippen LogP contribution is -2.72. The van der Waals surface area contributed by atoms with E-state index >= 15 is 0 Å². The van der Waals surface area contributed by atoms with Gasteiger partial charge in [0.25, 0.3) is 0 Å². The summed E-state index contributed by atoms with van der Waals surface area (Å²) >= 11 is 5.62. The third-order valence-corrected chi connectivity index (χ3v) is 3.21. The first kappa shape index (κ1) is 19.4. The van der Waals surface area contributed by atoms with E-state index < -0.39 is 35.5 Å². The fourth-order valence-electron chi connectivity index (χ4n) is 1.57. The molecule has 1 amide bonds. The van der Waals surface area contributed by atoms with E-state index in [1.165, 1.54) is 31.3 Å². The Hall–Kier alpha value is -1.64. The van der Waals surface area contributed by atoms with Crippen LogP contribution in [0.1, 0.15) is 13.8 Å². The summed E-state index contributed by atoms with van der Waals surface area (Å²) in [5.74, 6) is -2.51. The lowest BCUT2D eigenvalue weighted by molar-refractivity contribution is -0.296. The number of halogens is 7. The van der Waals surface area contributed by atoms with Crippen LogP contribution in [0.25, 0.3) is 0 Å². The van der Waals surface area contributed by atoms with Crippen LogP contribution >= 0.6 is 11.6 Å². The Morgan fingerprint density at radius 3 is 1.91 bits per heavy atom. The molecule has 10 heteroatoms. The average Bonchev–Trinajstić information content (AvgIpc) is 2.37. The Morgan fingerprint density at radius 1 is 1.04 bits per heavy atom. The molecular weight excluding hydrogens is 350 g/mol. The van der Waals surface area contributed by atoms with Gasteiger partial charge >= 0.3 is 18.0 Å². The van der Waals surface area contributed by atoms with Crippen LogP contribution in [0.15, 0.2) is 24.3 Å². The molecule has 1 aromatic carbocycles. The van der Waals surface area contributed by atoms with Crippen LogP contribution in [0.2, 0.25) is 5.02 Å². The van der Waals surface area contributed by atoms with Crippen LogP contribution in [-0.4, -0.2) is 23.9 Å². The monoisotopic (exact) mass is 362 g/mol. The molecule has 0 fully saturated rings. The van der Waals surface area contributed by atoms with Crippen molar-refractivity contribution in [3.63, 3.8) is 0 Å². The van der Waals surface area contributed by atoms with E-state index in [0.29, 0.717) is 0 Å². The van der Waals surface area contributed by atoms with Crippen molar-refractivity contribution in [2.75, 3.05) is 5.32 Å². The number of carbonyl (C=O) groups excluding carboxylic acids is 1. The molecule has 0 spiro atoms. The van der Waals surface area contributed by atoms with Gasteiger partial charge in [-0.25, -0.2) is 0 Å². The van der Waals surface area contributed by atoms with Crippen molar-refractivity contribution in [2.24, 2.45) is 5.92 Å². The van der Waals surface area contributed by atoms with Gasteiger partial charge in [0.2, 0.25) is 5.91 Å². The molecule has 23 heavy (non-hydrogen) atoms. The van der Waals surface area contributed by atoms with Crippen LogP contribution in [-0.2, 0) is 4.79 Å². The van der Waals surface area contributed by atoms with Gasteiger partial charge in [0.15, 0.2) is 0 Å². The molecule has 0 saturated heterocycles. The number of nitrogens with one attached hydrogen (secondary N) is 2. The first-order valence-electron chi connectivity index (χ1n) is 6.30. The maximum atomic E-state index is 13.3. The number of carbonyl (C=O) groups is 1. The molecule has 0 atom stereocenters. The molecule has 1 aromatic rings. The van der Waals surface area contributed by atoms with Gasteiger partial charge in [-0.2, -0.15) is 26.3 Å². The number of alkyl halides is 6. The smallest absolute Gasteiger partial charge is 0.346 e. The summed E-state index contributed by atoms with van der Waals surface area (Å²) in [5, 5.41) is 1.98. The van der Waals surface area contributed by atoms with Gasteiger partial charge in [0, 0.05) is 5.92 Å². The van der Waals surface area contributed by atoms with Crippen LogP contribution in [0.3, 0.4) is 0 Å². The predicted molar refractivity (Wildman–Crippen MR) is 72.9 cm³/mol. The summed E-state index contributed by atoms with van der Waals surface area (Å²) < 4.78 is 79.6. The lowest BCUT2D eigenvalue weighted by atomic mass is 10.1. The van der Waals surface area contributed by atoms with Crippen molar-refractivity contribution in [3.8, 4) is 0 Å². The highest BCUT2D eigenvalue weighted by atomic mass is 35.5. The maximum Gasteiger partial charge on any atom is 0.439 e. The van der Waals surface area contributed by atoms with Crippen molar-refractivity contribution in [1.29, 1.82) is 0 Å². The second-order valence-corrected chi connectivity index (χ2v) is 5.40. The van der Waals surface area contributed by atoms with E-state index in [9.17, 15) is 31.1 Å². The molecule has 0 aromatic heterocycles. The highest BCUT2D eigenvalue weighted by Crippen LogP contribution is 2.44. The van der Waals surface area contributed by atoms with Crippen LogP contribution in [0.5, 0.6) is 0 Å². The SMILES string of the molecule is CC(C)C(=O)NC(Nc1ccccc1Cl)(C(F)(F)F)C(F)(F)F. The first-order chi connectivity index (χ1) is 10.3. The highest BCUT2D eigenvalue weighted by Gasteiger charge is 2.72. The number of benzene rings is 1. The maximum absolute atomic E-state index is 13.3. The molecule has 0 aliphatic heterocycles. The summed E-state index contributed by atoms with van der Waals surface area (Å²) in [6, 6.07) is 4.60. The Bertz CT molecular complexity index is 556. The number of anilines is 1. The minimum Gasteiger partial charge on any atom is -0.346 e. The summed E-state index contributed by atoms with van der Waals surface area (Å²) in [6.07, 6.45) is -11.7. The zero-order valence-electron chi connectivity index (χ0n) is 11.9. The second-order valence-electron chi connectivity index (χ2n) is 4.99. The molecule has 1 rings (SSSR count). The number of hydrogen-bond acceptors (Lipinski definition) is 2. The molecule has 0 aliphatic rings. The second kappa shape index (κ2) is 6.46. The van der Waals surface area contributed by atoms with E-state index in [1.807, 2.05) is 0 Å². The van der Waals surface area contributed by atoms with Crippen LogP contribution < -0.4 is 10.6 Å². The Kier molecular flexibility index (Phi) is 5.45. The van der Waals surface area contributed by atoms with Crippen molar-refractivity contribution in [3.05, 3.63) is 29.3 Å². The molecule has 0 bridgehead atoms. The Labute approximate surface area is 133 Å². The molecular formula is C13H13ClF6N2O. The van der Waals surface area contributed by atoms with E-state index in [-0.39, 0.29) is 5.02 Å². The van der Waals surface area contributed by atoms with Crippen LogP contribution in [0, 0.1) is 5.92 Å². The summed E-state index contributed by atoms with van der Waals surface area (Å²) in [6.45, 7) is 2.34. The fraction of sp³-hybridized carbons (Fsp3) is 0.462. The quantitative estimate of drug-likeness (QED) is 0.618. The van der Waals surface area contributed by atoms with Gasteiger partial charge < -0.3 is 10.6 Å². The standard InChI is InChI=1S/C13H13ClF6N2O/c1-7(2)10(23)22-11(12(15,16)17,13(18,19)20)21-9-6-4-3-5-8(9)14/h3-7,21H,1-2H3,(H,22,23). The molecule has 0 saturated carbocycles. The van der Waals surface area contributed by atoms with E-state index in [0.717, 1.165) is 17.4 Å².